The third-order valence-electron chi connectivity index (χ3n) is 21.0. The Labute approximate surface area is 664 Å². The number of phosphoric ester groups is 2. The zero-order valence-electron chi connectivity index (χ0n) is 71.2. The van der Waals surface area contributed by atoms with Gasteiger partial charge in [0.2, 0.25) is 0 Å². The topological polar surface area (TPSA) is 237 Å². The van der Waals surface area contributed by atoms with Gasteiger partial charge in [-0.15, -0.1) is 0 Å². The van der Waals surface area contributed by atoms with E-state index >= 15 is 0 Å². The molecule has 0 heterocycles. The minimum Gasteiger partial charge on any atom is -0.462 e. The van der Waals surface area contributed by atoms with Crippen LogP contribution in [-0.4, -0.2) is 96.7 Å². The molecule has 0 amide bonds. The largest absolute Gasteiger partial charge is 0.472 e. The molecule has 5 atom stereocenters. The zero-order chi connectivity index (χ0) is 79.2. The average molecular weight is 1580 g/mol. The first kappa shape index (κ1) is 106. The van der Waals surface area contributed by atoms with E-state index in [0.29, 0.717) is 25.7 Å². The van der Waals surface area contributed by atoms with Crippen LogP contribution < -0.4 is 0 Å². The van der Waals surface area contributed by atoms with Crippen LogP contribution in [0, 0.1) is 11.8 Å². The van der Waals surface area contributed by atoms with Crippen LogP contribution >= 0.6 is 15.6 Å². The summed E-state index contributed by atoms with van der Waals surface area (Å²) in [5.74, 6) is -0.463. The van der Waals surface area contributed by atoms with Gasteiger partial charge in [-0.25, -0.2) is 9.13 Å². The fourth-order valence-electron chi connectivity index (χ4n) is 14.0. The van der Waals surface area contributed by atoms with Crippen molar-refractivity contribution in [1.29, 1.82) is 0 Å². The molecular weight excluding hydrogens is 1400 g/mol. The Balaban J connectivity index is 5.25. The maximum atomic E-state index is 13.2. The molecule has 2 unspecified atom stereocenters. The van der Waals surface area contributed by atoms with Crippen molar-refractivity contribution in [3.8, 4) is 0 Å². The van der Waals surface area contributed by atoms with E-state index in [1.54, 1.807) is 0 Å². The highest BCUT2D eigenvalue weighted by Gasteiger charge is 2.31. The highest BCUT2D eigenvalue weighted by Crippen LogP contribution is 2.45. The summed E-state index contributed by atoms with van der Waals surface area (Å²) in [6.45, 7) is 9.77. The van der Waals surface area contributed by atoms with Crippen LogP contribution in [0.2, 0.25) is 0 Å². The van der Waals surface area contributed by atoms with Gasteiger partial charge < -0.3 is 33.8 Å². The molecule has 0 saturated heterocycles. The number of unbranched alkanes of at least 4 members (excludes halogenated alkanes) is 58. The third-order valence-corrected chi connectivity index (χ3v) is 22.9. The van der Waals surface area contributed by atoms with Crippen LogP contribution in [0.3, 0.4) is 0 Å². The molecule has 0 aliphatic carbocycles. The Hall–Kier alpha value is -1.94. The van der Waals surface area contributed by atoms with Crippen LogP contribution in [0.5, 0.6) is 0 Å². The van der Waals surface area contributed by atoms with Crippen molar-refractivity contribution in [3.05, 3.63) is 0 Å². The SMILES string of the molecule is CCCCCCCCCCCCCCCCCCC(=O)O[C@H](COC(=O)CCCCCCCCCCCCCC)COP(=O)(O)OC[C@H](O)COP(=O)(O)OC[C@@H](COC(=O)CCCCCCCCCCCCCCCCCCC(C)C)OC(=O)CCCCCCCCCCCCCCCCCCCCC(C)C. The van der Waals surface area contributed by atoms with Crippen molar-refractivity contribution in [3.63, 3.8) is 0 Å². The number of carbonyl (C=O) groups is 4. The number of phosphoric acid groups is 2. The molecule has 0 aromatic heterocycles. The lowest BCUT2D eigenvalue weighted by Gasteiger charge is -2.21. The monoisotopic (exact) mass is 1580 g/mol. The van der Waals surface area contributed by atoms with Crippen molar-refractivity contribution in [2.75, 3.05) is 39.6 Å². The van der Waals surface area contributed by atoms with E-state index in [1.807, 2.05) is 0 Å². The predicted octanol–water partition coefficient (Wildman–Crippen LogP) is 27.4. The first-order valence-electron chi connectivity index (χ1n) is 46.0. The molecule has 0 radical (unpaired) electrons. The molecule has 3 N–H and O–H groups in total. The van der Waals surface area contributed by atoms with E-state index < -0.39 is 97.5 Å². The Morgan fingerprint density at radius 3 is 0.630 bits per heavy atom. The minimum atomic E-state index is -4.97. The quantitative estimate of drug-likeness (QED) is 0.0222. The van der Waals surface area contributed by atoms with Crippen molar-refractivity contribution in [2.24, 2.45) is 11.8 Å². The lowest BCUT2D eigenvalue weighted by molar-refractivity contribution is -0.161. The smallest absolute Gasteiger partial charge is 0.462 e. The van der Waals surface area contributed by atoms with E-state index in [-0.39, 0.29) is 25.7 Å². The van der Waals surface area contributed by atoms with Crippen LogP contribution in [-0.2, 0) is 65.4 Å². The van der Waals surface area contributed by atoms with E-state index in [0.717, 1.165) is 102 Å². The van der Waals surface area contributed by atoms with Crippen LogP contribution in [0.25, 0.3) is 0 Å². The number of carbonyl (C=O) groups excluding carboxylic acids is 4. The number of rotatable bonds is 88. The van der Waals surface area contributed by atoms with Crippen LogP contribution in [0.15, 0.2) is 0 Å². The van der Waals surface area contributed by atoms with E-state index in [4.69, 9.17) is 37.0 Å². The lowest BCUT2D eigenvalue weighted by Crippen LogP contribution is -2.30. The minimum absolute atomic E-state index is 0.109. The van der Waals surface area contributed by atoms with Gasteiger partial charge in [0, 0.05) is 25.7 Å². The number of esters is 4. The molecule has 0 aromatic carbocycles. The van der Waals surface area contributed by atoms with Gasteiger partial charge in [0.05, 0.1) is 26.4 Å². The number of aliphatic hydroxyl groups is 1. The zero-order valence-corrected chi connectivity index (χ0v) is 73.0. The summed E-state index contributed by atoms with van der Waals surface area (Å²) in [6, 6.07) is 0. The van der Waals surface area contributed by atoms with Crippen molar-refractivity contribution >= 4 is 39.5 Å². The summed E-state index contributed by atoms with van der Waals surface area (Å²) in [6.07, 6.45) is 73.5. The van der Waals surface area contributed by atoms with Crippen molar-refractivity contribution in [1.82, 2.24) is 0 Å². The lowest BCUT2D eigenvalue weighted by atomic mass is 10.0. The highest BCUT2D eigenvalue weighted by atomic mass is 31.2. The second-order valence-electron chi connectivity index (χ2n) is 32.9. The van der Waals surface area contributed by atoms with Gasteiger partial charge in [-0.3, -0.25) is 37.3 Å². The third kappa shape index (κ3) is 82.1. The summed E-state index contributed by atoms with van der Waals surface area (Å²) in [7, 11) is -9.93. The van der Waals surface area contributed by atoms with Crippen LogP contribution in [0.4, 0.5) is 0 Å². The van der Waals surface area contributed by atoms with Gasteiger partial charge in [-0.1, -0.05) is 427 Å². The second kappa shape index (κ2) is 80.3. The summed E-state index contributed by atoms with van der Waals surface area (Å²) in [4.78, 5) is 73.4. The molecule has 19 heteroatoms. The molecule has 0 bridgehead atoms. The summed E-state index contributed by atoms with van der Waals surface area (Å²) >= 11 is 0. The fraction of sp³-hybridized carbons (Fsp3) is 0.955. The van der Waals surface area contributed by atoms with Gasteiger partial charge in [0.25, 0.3) is 0 Å². The molecule has 0 aromatic rings. The number of hydrogen-bond acceptors (Lipinski definition) is 15. The van der Waals surface area contributed by atoms with Gasteiger partial charge in [-0.2, -0.15) is 0 Å². The van der Waals surface area contributed by atoms with Crippen LogP contribution in [0.1, 0.15) is 478 Å². The average Bonchev–Trinajstić information content (AvgIpc) is 0.916. The molecule has 642 valence electrons. The summed E-state index contributed by atoms with van der Waals surface area (Å²) in [5, 5.41) is 10.7. The van der Waals surface area contributed by atoms with Crippen molar-refractivity contribution < 1.29 is 80.2 Å². The molecule has 17 nitrogen and oxygen atoms in total. The van der Waals surface area contributed by atoms with Gasteiger partial charge in [0.1, 0.15) is 19.3 Å². The first-order chi connectivity index (χ1) is 52.4. The molecular formula is C89H174O17P2. The number of ether oxygens (including phenoxy) is 4. The standard InChI is InChI=1S/C89H174O17P2/c1-7-9-11-13-15-17-19-21-22-31-37-43-49-55-61-67-73-88(93)105-84(77-99-86(91)71-65-59-53-47-41-20-18-16-14-12-10-8-2)79-103-107(95,96)101-75-83(90)76-102-108(97,98)104-80-85(78-100-87(92)72-66-60-54-48-42-36-32-28-27-30-35-40-46-52-58-64-70-82(5)6)106-89(94)74-68-62-56-50-44-38-33-26-24-23-25-29-34-39-45-51-57-63-69-81(3)4/h81-85,90H,7-80H2,1-6H3,(H,95,96)(H,97,98)/t83-,84+,85+/m0/s1. The van der Waals surface area contributed by atoms with E-state index in [1.165, 1.54) is 295 Å². The Kier molecular flexibility index (Phi) is 78.8. The normalized spacial score (nSPS) is 13.8. The summed E-state index contributed by atoms with van der Waals surface area (Å²) < 4.78 is 69.0. The Bertz CT molecular complexity index is 2060. The molecule has 108 heavy (non-hydrogen) atoms. The van der Waals surface area contributed by atoms with E-state index in [2.05, 4.69) is 41.5 Å². The molecule has 0 aliphatic rings. The summed E-state index contributed by atoms with van der Waals surface area (Å²) in [5.41, 5.74) is 0. The maximum absolute atomic E-state index is 13.2. The Morgan fingerprint density at radius 2 is 0.426 bits per heavy atom. The Morgan fingerprint density at radius 1 is 0.250 bits per heavy atom. The predicted molar refractivity (Wildman–Crippen MR) is 446 cm³/mol. The second-order valence-corrected chi connectivity index (χ2v) is 35.8. The van der Waals surface area contributed by atoms with E-state index in [9.17, 15) is 43.2 Å². The number of hydrogen-bond donors (Lipinski definition) is 3. The molecule has 0 fully saturated rings. The fourth-order valence-corrected chi connectivity index (χ4v) is 15.5. The maximum Gasteiger partial charge on any atom is 0.472 e. The molecule has 0 rings (SSSR count). The van der Waals surface area contributed by atoms with Gasteiger partial charge in [-0.05, 0) is 37.5 Å². The molecule has 0 saturated carbocycles. The highest BCUT2D eigenvalue weighted by molar-refractivity contribution is 7.47. The molecule has 0 spiro atoms. The van der Waals surface area contributed by atoms with Gasteiger partial charge >= 0.3 is 39.5 Å². The molecule has 0 aliphatic heterocycles. The van der Waals surface area contributed by atoms with Gasteiger partial charge in [0.15, 0.2) is 12.2 Å². The number of aliphatic hydroxyl groups excluding tert-OH is 1. The first-order valence-corrected chi connectivity index (χ1v) is 49.0. The van der Waals surface area contributed by atoms with Crippen molar-refractivity contribution in [2.45, 2.75) is 496 Å².